The zero-order valence-corrected chi connectivity index (χ0v) is 11.5. The van der Waals surface area contributed by atoms with Crippen LogP contribution in [0.5, 0.6) is 0 Å². The molecule has 0 atom stereocenters. The van der Waals surface area contributed by atoms with Crippen molar-refractivity contribution in [2.45, 2.75) is 27.2 Å². The third-order valence-corrected chi connectivity index (χ3v) is 2.70. The van der Waals surface area contributed by atoms with Crippen LogP contribution in [-0.2, 0) is 4.74 Å². The second-order valence-electron chi connectivity index (χ2n) is 5.50. The molecule has 0 bridgehead atoms. The number of nitrogens with one attached hydrogen (secondary N) is 1. The first kappa shape index (κ1) is 14.4. The number of nitrogens with two attached hydrogens (primary N) is 1. The van der Waals surface area contributed by atoms with E-state index in [1.807, 2.05) is 6.07 Å². The normalized spacial score (nSPS) is 11.1. The van der Waals surface area contributed by atoms with Crippen molar-refractivity contribution < 1.29 is 9.53 Å². The summed E-state index contributed by atoms with van der Waals surface area (Å²) in [6.45, 7) is 7.37. The molecule has 0 heterocycles. The fourth-order valence-corrected chi connectivity index (χ4v) is 1.58. The van der Waals surface area contributed by atoms with Gasteiger partial charge in [-0.2, -0.15) is 0 Å². The first-order valence-corrected chi connectivity index (χ1v) is 6.06. The highest BCUT2D eigenvalue weighted by Crippen LogP contribution is 2.24. The Balaban J connectivity index is 2.75. The van der Waals surface area contributed by atoms with E-state index in [4.69, 9.17) is 5.73 Å². The lowest BCUT2D eigenvalue weighted by Crippen LogP contribution is -2.14. The number of anilines is 2. The van der Waals surface area contributed by atoms with E-state index in [2.05, 4.69) is 30.8 Å². The lowest BCUT2D eigenvalue weighted by molar-refractivity contribution is 0.0602. The minimum Gasteiger partial charge on any atom is -0.465 e. The molecular formula is C14H22N2O2. The topological polar surface area (TPSA) is 64.3 Å². The Bertz CT molecular complexity index is 422. The van der Waals surface area contributed by atoms with E-state index in [1.54, 1.807) is 12.1 Å². The first-order valence-electron chi connectivity index (χ1n) is 6.06. The number of hydrogen-bond acceptors (Lipinski definition) is 4. The Hall–Kier alpha value is -1.71. The molecule has 3 N–H and O–H groups in total. The van der Waals surface area contributed by atoms with Gasteiger partial charge in [0.15, 0.2) is 0 Å². The van der Waals surface area contributed by atoms with Crippen LogP contribution in [-0.4, -0.2) is 19.6 Å². The predicted octanol–water partition coefficient (Wildman–Crippen LogP) is 2.90. The molecule has 0 saturated carbocycles. The maximum absolute atomic E-state index is 11.5. The molecule has 4 heteroatoms. The van der Waals surface area contributed by atoms with Gasteiger partial charge in [0.25, 0.3) is 0 Å². The maximum Gasteiger partial charge on any atom is 0.340 e. The van der Waals surface area contributed by atoms with E-state index in [0.717, 1.165) is 18.7 Å². The Morgan fingerprint density at radius 2 is 2.06 bits per heavy atom. The maximum atomic E-state index is 11.5. The van der Waals surface area contributed by atoms with E-state index in [-0.39, 0.29) is 5.41 Å². The molecule has 100 valence electrons. The van der Waals surface area contributed by atoms with E-state index in [9.17, 15) is 4.79 Å². The average molecular weight is 250 g/mol. The molecule has 0 aromatic heterocycles. The van der Waals surface area contributed by atoms with Crippen LogP contribution >= 0.6 is 0 Å². The minimum atomic E-state index is -0.410. The van der Waals surface area contributed by atoms with Gasteiger partial charge in [0.2, 0.25) is 0 Å². The van der Waals surface area contributed by atoms with Gasteiger partial charge in [-0.1, -0.05) is 26.8 Å². The molecular weight excluding hydrogens is 228 g/mol. The van der Waals surface area contributed by atoms with Crippen molar-refractivity contribution in [3.05, 3.63) is 23.8 Å². The molecule has 1 rings (SSSR count). The summed E-state index contributed by atoms with van der Waals surface area (Å²) < 4.78 is 4.68. The average Bonchev–Trinajstić information content (AvgIpc) is 2.29. The quantitative estimate of drug-likeness (QED) is 0.637. The van der Waals surface area contributed by atoms with E-state index in [0.29, 0.717) is 11.3 Å². The number of nitrogen functional groups attached to an aromatic ring is 1. The van der Waals surface area contributed by atoms with Crippen molar-refractivity contribution in [3.8, 4) is 0 Å². The van der Waals surface area contributed by atoms with Crippen LogP contribution in [0.25, 0.3) is 0 Å². The van der Waals surface area contributed by atoms with Crippen molar-refractivity contribution in [2.24, 2.45) is 5.41 Å². The highest BCUT2D eigenvalue weighted by atomic mass is 16.5. The molecule has 4 nitrogen and oxygen atoms in total. The number of para-hydroxylation sites is 1. The first-order chi connectivity index (χ1) is 8.35. The van der Waals surface area contributed by atoms with E-state index in [1.165, 1.54) is 7.11 Å². The second-order valence-corrected chi connectivity index (χ2v) is 5.50. The van der Waals surface area contributed by atoms with Crippen LogP contribution in [0.3, 0.4) is 0 Å². The Morgan fingerprint density at radius 1 is 1.39 bits per heavy atom. The van der Waals surface area contributed by atoms with E-state index < -0.39 is 5.97 Å². The second kappa shape index (κ2) is 5.76. The zero-order valence-electron chi connectivity index (χ0n) is 11.5. The third kappa shape index (κ3) is 3.95. The number of carbonyl (C=O) groups is 1. The summed E-state index contributed by atoms with van der Waals surface area (Å²) in [5.74, 6) is -0.410. The largest absolute Gasteiger partial charge is 0.465 e. The van der Waals surface area contributed by atoms with Crippen LogP contribution in [0.1, 0.15) is 37.6 Å². The molecule has 0 spiro atoms. The SMILES string of the molecule is COC(=O)c1cccc(NCCC(C)(C)C)c1N. The molecule has 0 aliphatic rings. The van der Waals surface area contributed by atoms with Crippen LogP contribution < -0.4 is 11.1 Å². The molecule has 0 saturated heterocycles. The Morgan fingerprint density at radius 3 is 2.61 bits per heavy atom. The number of esters is 1. The van der Waals surface area contributed by atoms with Crippen molar-refractivity contribution in [2.75, 3.05) is 24.7 Å². The van der Waals surface area contributed by atoms with Gasteiger partial charge in [0.1, 0.15) is 0 Å². The summed E-state index contributed by atoms with van der Waals surface area (Å²) in [5.41, 5.74) is 7.84. The number of benzene rings is 1. The molecule has 0 unspecified atom stereocenters. The van der Waals surface area contributed by atoms with Gasteiger partial charge in [-0.3, -0.25) is 0 Å². The molecule has 18 heavy (non-hydrogen) atoms. The number of carbonyl (C=O) groups excluding carboxylic acids is 1. The lowest BCUT2D eigenvalue weighted by atomic mass is 9.92. The summed E-state index contributed by atoms with van der Waals surface area (Å²) in [4.78, 5) is 11.5. The Labute approximate surface area is 109 Å². The van der Waals surface area contributed by atoms with E-state index >= 15 is 0 Å². The van der Waals surface area contributed by atoms with Crippen LogP contribution in [0.4, 0.5) is 11.4 Å². The summed E-state index contributed by atoms with van der Waals surface area (Å²) in [6, 6.07) is 5.32. The van der Waals surface area contributed by atoms with Crippen LogP contribution in [0.2, 0.25) is 0 Å². The zero-order chi connectivity index (χ0) is 13.8. The van der Waals surface area contributed by atoms with Crippen molar-refractivity contribution in [1.29, 1.82) is 0 Å². The fourth-order valence-electron chi connectivity index (χ4n) is 1.58. The van der Waals surface area contributed by atoms with Crippen molar-refractivity contribution in [1.82, 2.24) is 0 Å². The molecule has 0 fully saturated rings. The molecule has 1 aromatic rings. The summed E-state index contributed by atoms with van der Waals surface area (Å²) in [7, 11) is 1.35. The molecule has 0 aliphatic heterocycles. The van der Waals surface area contributed by atoms with Gasteiger partial charge in [0.05, 0.1) is 24.0 Å². The van der Waals surface area contributed by atoms with Gasteiger partial charge >= 0.3 is 5.97 Å². The fraction of sp³-hybridized carbons (Fsp3) is 0.500. The lowest BCUT2D eigenvalue weighted by Gasteiger charge is -2.19. The van der Waals surface area contributed by atoms with Gasteiger partial charge in [-0.05, 0) is 24.0 Å². The van der Waals surface area contributed by atoms with Gasteiger partial charge < -0.3 is 15.8 Å². The summed E-state index contributed by atoms with van der Waals surface area (Å²) >= 11 is 0. The van der Waals surface area contributed by atoms with Gasteiger partial charge in [-0.15, -0.1) is 0 Å². The number of ether oxygens (including phenoxy) is 1. The molecule has 1 aromatic carbocycles. The van der Waals surface area contributed by atoms with Crippen molar-refractivity contribution >= 4 is 17.3 Å². The van der Waals surface area contributed by atoms with Crippen LogP contribution in [0, 0.1) is 5.41 Å². The number of methoxy groups -OCH3 is 1. The highest BCUT2D eigenvalue weighted by Gasteiger charge is 2.13. The monoisotopic (exact) mass is 250 g/mol. The standard InChI is InChI=1S/C14H22N2O2/c1-14(2,3)8-9-16-11-7-5-6-10(12(11)15)13(17)18-4/h5-7,16H,8-9,15H2,1-4H3. The van der Waals surface area contributed by atoms with Gasteiger partial charge in [-0.25, -0.2) is 4.79 Å². The van der Waals surface area contributed by atoms with Gasteiger partial charge in [0, 0.05) is 6.54 Å². The molecule has 0 aliphatic carbocycles. The smallest absolute Gasteiger partial charge is 0.340 e. The van der Waals surface area contributed by atoms with Crippen molar-refractivity contribution in [3.63, 3.8) is 0 Å². The molecule has 0 radical (unpaired) electrons. The highest BCUT2D eigenvalue weighted by molar-refractivity contribution is 5.98. The number of hydrogen-bond donors (Lipinski definition) is 2. The van der Waals surface area contributed by atoms with Crippen LogP contribution in [0.15, 0.2) is 18.2 Å². The predicted molar refractivity (Wildman–Crippen MR) is 74.8 cm³/mol. The third-order valence-electron chi connectivity index (χ3n) is 2.70. The number of rotatable bonds is 4. The molecule has 0 amide bonds. The summed E-state index contributed by atoms with van der Waals surface area (Å²) in [5, 5.41) is 3.26. The summed E-state index contributed by atoms with van der Waals surface area (Å²) in [6.07, 6.45) is 1.02. The minimum absolute atomic E-state index is 0.266. The Kier molecular flexibility index (Phi) is 4.59.